The van der Waals surface area contributed by atoms with E-state index in [1.807, 2.05) is 6.92 Å². The van der Waals surface area contributed by atoms with Crippen LogP contribution < -0.4 is 5.32 Å². The monoisotopic (exact) mass is 303 g/mol. The van der Waals surface area contributed by atoms with E-state index in [1.54, 1.807) is 13.0 Å². The topological polar surface area (TPSA) is 81.2 Å². The van der Waals surface area contributed by atoms with E-state index < -0.39 is 0 Å². The molecule has 22 heavy (non-hydrogen) atoms. The summed E-state index contributed by atoms with van der Waals surface area (Å²) in [7, 11) is 0. The van der Waals surface area contributed by atoms with Gasteiger partial charge in [-0.05, 0) is 32.8 Å². The number of hydrogen-bond donors (Lipinski definition) is 1. The average Bonchev–Trinajstić information content (AvgIpc) is 3.12. The summed E-state index contributed by atoms with van der Waals surface area (Å²) in [5, 5.41) is 6.85. The van der Waals surface area contributed by atoms with Crippen molar-refractivity contribution in [2.75, 3.05) is 0 Å². The van der Waals surface area contributed by atoms with Crippen molar-refractivity contribution >= 4 is 5.91 Å². The van der Waals surface area contributed by atoms with Gasteiger partial charge >= 0.3 is 0 Å². The van der Waals surface area contributed by atoms with Crippen LogP contribution >= 0.6 is 0 Å². The maximum Gasteiger partial charge on any atom is 0.255 e. The van der Waals surface area contributed by atoms with Crippen LogP contribution in [0.15, 0.2) is 15.0 Å². The molecule has 0 bridgehead atoms. The summed E-state index contributed by atoms with van der Waals surface area (Å²) in [5.41, 5.74) is 0.546. The van der Waals surface area contributed by atoms with Gasteiger partial charge in [-0.2, -0.15) is 4.98 Å². The van der Waals surface area contributed by atoms with E-state index >= 15 is 0 Å². The van der Waals surface area contributed by atoms with E-state index in [2.05, 4.69) is 15.5 Å². The lowest BCUT2D eigenvalue weighted by molar-refractivity contribution is 0.0944. The Balaban J connectivity index is 1.58. The van der Waals surface area contributed by atoms with Crippen LogP contribution in [-0.2, 0) is 6.54 Å². The minimum absolute atomic E-state index is 0.188. The van der Waals surface area contributed by atoms with E-state index in [0.717, 1.165) is 24.4 Å². The largest absolute Gasteiger partial charge is 0.466 e. The molecular formula is C16H21N3O3. The van der Waals surface area contributed by atoms with E-state index in [9.17, 15) is 4.79 Å². The Kier molecular flexibility index (Phi) is 4.27. The number of hydrogen-bond acceptors (Lipinski definition) is 5. The smallest absolute Gasteiger partial charge is 0.255 e. The van der Waals surface area contributed by atoms with Crippen LogP contribution in [0.1, 0.15) is 71.6 Å². The second-order valence-electron chi connectivity index (χ2n) is 5.89. The summed E-state index contributed by atoms with van der Waals surface area (Å²) in [6.07, 6.45) is 5.99. The Morgan fingerprint density at radius 3 is 2.77 bits per heavy atom. The van der Waals surface area contributed by atoms with Gasteiger partial charge in [0.05, 0.1) is 12.1 Å². The predicted molar refractivity (Wildman–Crippen MR) is 79.5 cm³/mol. The lowest BCUT2D eigenvalue weighted by atomic mass is 9.89. The fraction of sp³-hybridized carbons (Fsp3) is 0.562. The number of carbonyl (C=O) groups is 1. The van der Waals surface area contributed by atoms with Crippen LogP contribution in [0.25, 0.3) is 0 Å². The van der Waals surface area contributed by atoms with Crippen LogP contribution in [0.3, 0.4) is 0 Å². The molecule has 0 radical (unpaired) electrons. The second kappa shape index (κ2) is 6.34. The quantitative estimate of drug-likeness (QED) is 0.937. The van der Waals surface area contributed by atoms with Gasteiger partial charge in [-0.3, -0.25) is 4.79 Å². The van der Waals surface area contributed by atoms with Crippen LogP contribution in [0.4, 0.5) is 0 Å². The highest BCUT2D eigenvalue weighted by Crippen LogP contribution is 2.30. The maximum atomic E-state index is 12.1. The highest BCUT2D eigenvalue weighted by atomic mass is 16.5. The van der Waals surface area contributed by atoms with Gasteiger partial charge in [0.2, 0.25) is 5.89 Å². The van der Waals surface area contributed by atoms with Gasteiger partial charge in [0.1, 0.15) is 11.5 Å². The normalized spacial score (nSPS) is 15.9. The third kappa shape index (κ3) is 3.21. The van der Waals surface area contributed by atoms with Gasteiger partial charge in [-0.15, -0.1) is 0 Å². The first-order valence-corrected chi connectivity index (χ1v) is 7.81. The molecule has 3 rings (SSSR count). The van der Waals surface area contributed by atoms with Gasteiger partial charge in [0.25, 0.3) is 5.91 Å². The van der Waals surface area contributed by atoms with Crippen molar-refractivity contribution in [1.29, 1.82) is 0 Å². The first-order chi connectivity index (χ1) is 10.6. The Labute approximate surface area is 129 Å². The van der Waals surface area contributed by atoms with Crippen LogP contribution in [0.5, 0.6) is 0 Å². The molecule has 1 aliphatic rings. The number of nitrogens with one attached hydrogen (secondary N) is 1. The molecule has 1 fully saturated rings. The summed E-state index contributed by atoms with van der Waals surface area (Å²) in [5.74, 6) is 2.78. The molecule has 1 amide bonds. The van der Waals surface area contributed by atoms with Crippen molar-refractivity contribution in [3.63, 3.8) is 0 Å². The first-order valence-electron chi connectivity index (χ1n) is 7.81. The van der Waals surface area contributed by atoms with Crippen molar-refractivity contribution in [2.24, 2.45) is 0 Å². The Morgan fingerprint density at radius 2 is 2.09 bits per heavy atom. The van der Waals surface area contributed by atoms with Crippen molar-refractivity contribution in [3.8, 4) is 0 Å². The molecule has 2 aromatic heterocycles. The fourth-order valence-electron chi connectivity index (χ4n) is 2.97. The standard InChI is InChI=1S/C16H21N3O3/c1-10-8-13(11(2)21-10)16(20)17-9-14-18-15(19-22-14)12-6-4-3-5-7-12/h8,12H,3-7,9H2,1-2H3,(H,17,20). The number of rotatable bonds is 4. The molecule has 2 aromatic rings. The Morgan fingerprint density at radius 1 is 1.32 bits per heavy atom. The molecule has 0 spiro atoms. The number of carbonyl (C=O) groups excluding carboxylic acids is 1. The summed E-state index contributed by atoms with van der Waals surface area (Å²) >= 11 is 0. The number of furan rings is 1. The van der Waals surface area contributed by atoms with Gasteiger partial charge in [-0.1, -0.05) is 24.4 Å². The van der Waals surface area contributed by atoms with Crippen LogP contribution in [0, 0.1) is 13.8 Å². The van der Waals surface area contributed by atoms with Gasteiger partial charge in [0.15, 0.2) is 5.82 Å². The lowest BCUT2D eigenvalue weighted by Gasteiger charge is -2.17. The van der Waals surface area contributed by atoms with Gasteiger partial charge < -0.3 is 14.3 Å². The van der Waals surface area contributed by atoms with Crippen molar-refractivity contribution in [1.82, 2.24) is 15.5 Å². The van der Waals surface area contributed by atoms with Crippen LogP contribution in [0.2, 0.25) is 0 Å². The summed E-state index contributed by atoms with van der Waals surface area (Å²) in [6, 6.07) is 1.73. The minimum atomic E-state index is -0.188. The van der Waals surface area contributed by atoms with E-state index in [1.165, 1.54) is 19.3 Å². The molecule has 0 atom stereocenters. The highest BCUT2D eigenvalue weighted by Gasteiger charge is 2.21. The fourth-order valence-corrected chi connectivity index (χ4v) is 2.97. The van der Waals surface area contributed by atoms with E-state index in [4.69, 9.17) is 8.94 Å². The minimum Gasteiger partial charge on any atom is -0.466 e. The third-order valence-corrected chi connectivity index (χ3v) is 4.14. The number of aryl methyl sites for hydroxylation is 2. The zero-order valence-electron chi connectivity index (χ0n) is 13.0. The zero-order valence-corrected chi connectivity index (χ0v) is 13.0. The maximum absolute atomic E-state index is 12.1. The molecule has 1 N–H and O–H groups in total. The third-order valence-electron chi connectivity index (χ3n) is 4.14. The molecule has 0 aromatic carbocycles. The van der Waals surface area contributed by atoms with Crippen molar-refractivity contribution in [3.05, 3.63) is 34.9 Å². The zero-order chi connectivity index (χ0) is 15.5. The molecule has 6 nitrogen and oxygen atoms in total. The Bertz CT molecular complexity index is 653. The van der Waals surface area contributed by atoms with Gasteiger partial charge in [-0.25, -0.2) is 0 Å². The SMILES string of the molecule is Cc1cc(C(=O)NCc2nc(C3CCCCC3)no2)c(C)o1. The predicted octanol–water partition coefficient (Wildman–Crippen LogP) is 3.26. The average molecular weight is 303 g/mol. The summed E-state index contributed by atoms with van der Waals surface area (Å²) in [4.78, 5) is 16.5. The molecule has 1 aliphatic carbocycles. The molecular weight excluding hydrogens is 282 g/mol. The van der Waals surface area contributed by atoms with Crippen molar-refractivity contribution < 1.29 is 13.7 Å². The summed E-state index contributed by atoms with van der Waals surface area (Å²) < 4.78 is 10.6. The number of nitrogens with zero attached hydrogens (tertiary/aromatic N) is 2. The Hall–Kier alpha value is -2.11. The van der Waals surface area contributed by atoms with E-state index in [0.29, 0.717) is 23.1 Å². The van der Waals surface area contributed by atoms with Crippen LogP contribution in [-0.4, -0.2) is 16.0 Å². The lowest BCUT2D eigenvalue weighted by Crippen LogP contribution is -2.23. The molecule has 0 unspecified atom stereocenters. The molecule has 0 saturated heterocycles. The van der Waals surface area contributed by atoms with Gasteiger partial charge in [0, 0.05) is 5.92 Å². The number of amides is 1. The molecule has 0 aliphatic heterocycles. The summed E-state index contributed by atoms with van der Waals surface area (Å²) in [6.45, 7) is 3.83. The highest BCUT2D eigenvalue weighted by molar-refractivity contribution is 5.95. The van der Waals surface area contributed by atoms with Crippen molar-refractivity contribution in [2.45, 2.75) is 58.4 Å². The molecule has 6 heteroatoms. The first kappa shape index (κ1) is 14.8. The number of aromatic nitrogens is 2. The molecule has 118 valence electrons. The second-order valence-corrected chi connectivity index (χ2v) is 5.89. The molecule has 1 saturated carbocycles. The molecule has 2 heterocycles. The van der Waals surface area contributed by atoms with E-state index in [-0.39, 0.29) is 12.5 Å².